The quantitative estimate of drug-likeness (QED) is 0.176. The fraction of sp³-hybridized carbons (Fsp3) is 0. The van der Waals surface area contributed by atoms with E-state index in [9.17, 15) is 0 Å². The van der Waals surface area contributed by atoms with Crippen LogP contribution in [0.5, 0.6) is 0 Å². The van der Waals surface area contributed by atoms with E-state index in [0.29, 0.717) is 0 Å². The lowest BCUT2D eigenvalue weighted by Crippen LogP contribution is -2.10. The Labute approximate surface area is 326 Å². The maximum Gasteiger partial charge on any atom is 0.138 e. The van der Waals surface area contributed by atoms with E-state index in [1.54, 1.807) is 0 Å². The monoisotopic (exact) mass is 732 g/mol. The first kappa shape index (κ1) is 31.2. The van der Waals surface area contributed by atoms with Crippen LogP contribution in [0.2, 0.25) is 0 Å². The van der Waals surface area contributed by atoms with Crippen molar-refractivity contribution >= 4 is 103 Å². The first-order chi connectivity index (χ1) is 27.8. The molecule has 12 aromatic rings. The van der Waals surface area contributed by atoms with E-state index in [4.69, 9.17) is 4.42 Å². The van der Waals surface area contributed by atoms with Gasteiger partial charge in [0.05, 0.1) is 27.1 Å². The predicted molar refractivity (Wildman–Crippen MR) is 239 cm³/mol. The zero-order valence-corrected chi connectivity index (χ0v) is 31.0. The molecule has 9 aromatic carbocycles. The topological polar surface area (TPSA) is 21.3 Å². The van der Waals surface area contributed by atoms with Crippen LogP contribution in [-0.4, -0.2) is 4.57 Å². The van der Waals surface area contributed by atoms with Gasteiger partial charge in [0.1, 0.15) is 11.2 Å². The van der Waals surface area contributed by atoms with Gasteiger partial charge < -0.3 is 13.9 Å². The van der Waals surface area contributed by atoms with E-state index < -0.39 is 0 Å². The highest BCUT2D eigenvalue weighted by molar-refractivity contribution is 7.26. The molecule has 0 fully saturated rings. The Kier molecular flexibility index (Phi) is 6.80. The number of hydrogen-bond donors (Lipinski definition) is 0. The van der Waals surface area contributed by atoms with Gasteiger partial charge in [-0.3, -0.25) is 0 Å². The third kappa shape index (κ3) is 4.57. The van der Waals surface area contributed by atoms with Crippen molar-refractivity contribution in [1.82, 2.24) is 4.57 Å². The number of fused-ring (bicyclic) bond motifs is 10. The van der Waals surface area contributed by atoms with Crippen LogP contribution < -0.4 is 4.90 Å². The Morgan fingerprint density at radius 2 is 1.14 bits per heavy atom. The molecule has 0 unspecified atom stereocenters. The van der Waals surface area contributed by atoms with Crippen molar-refractivity contribution in [3.63, 3.8) is 0 Å². The van der Waals surface area contributed by atoms with E-state index in [1.165, 1.54) is 47.3 Å². The normalized spacial score (nSPS) is 11.9. The first-order valence-electron chi connectivity index (χ1n) is 19.0. The number of nitrogens with zero attached hydrogens (tertiary/aromatic N) is 2. The Morgan fingerprint density at radius 3 is 2.02 bits per heavy atom. The average Bonchev–Trinajstić information content (AvgIpc) is 3.93. The van der Waals surface area contributed by atoms with Gasteiger partial charge in [0.25, 0.3) is 0 Å². The third-order valence-corrected chi connectivity index (χ3v) is 12.6. The Balaban J connectivity index is 1.24. The Hall–Kier alpha value is -7.14. The van der Waals surface area contributed by atoms with E-state index in [0.717, 1.165) is 61.3 Å². The fourth-order valence-electron chi connectivity index (χ4n) is 8.98. The molecule has 0 atom stereocenters. The Bertz CT molecular complexity index is 3480. The molecule has 0 aliphatic heterocycles. The standard InChI is InChI=1S/C52H32N2OS/c1-3-16-34(17-4-1)49-50-40-30-29-36(53(35-19-5-2-6-20-35)43-26-14-24-39-38-22-10-12-28-48(38)56-52(39)43)31-44(40)54(42-25-13-18-33-15-7-8-21-37(33)42)45(50)32-47-51(49)41-23-9-11-27-46(41)55-47/h1-32H. The number of thiophene rings is 1. The lowest BCUT2D eigenvalue weighted by molar-refractivity contribution is 0.669. The highest BCUT2D eigenvalue weighted by Gasteiger charge is 2.25. The summed E-state index contributed by atoms with van der Waals surface area (Å²) in [7, 11) is 0. The van der Waals surface area contributed by atoms with Gasteiger partial charge in [-0.25, -0.2) is 0 Å². The second-order valence-electron chi connectivity index (χ2n) is 14.4. The van der Waals surface area contributed by atoms with Crippen molar-refractivity contribution in [3.05, 3.63) is 194 Å². The second-order valence-corrected chi connectivity index (χ2v) is 15.5. The van der Waals surface area contributed by atoms with Crippen molar-refractivity contribution in [3.8, 4) is 16.8 Å². The van der Waals surface area contributed by atoms with Crippen LogP contribution in [0.25, 0.3) is 91.5 Å². The van der Waals surface area contributed by atoms with Crippen molar-refractivity contribution in [2.45, 2.75) is 0 Å². The second kappa shape index (κ2) is 12.2. The van der Waals surface area contributed by atoms with Crippen molar-refractivity contribution in [2.75, 3.05) is 4.90 Å². The summed E-state index contributed by atoms with van der Waals surface area (Å²) in [5.74, 6) is 0. The van der Waals surface area contributed by atoms with E-state index in [1.807, 2.05) is 11.3 Å². The summed E-state index contributed by atoms with van der Waals surface area (Å²) < 4.78 is 11.8. The summed E-state index contributed by atoms with van der Waals surface area (Å²) in [4.78, 5) is 2.43. The van der Waals surface area contributed by atoms with Crippen LogP contribution in [0, 0.1) is 0 Å². The summed E-state index contributed by atoms with van der Waals surface area (Å²) in [5.41, 5.74) is 10.9. The number of rotatable bonds is 5. The van der Waals surface area contributed by atoms with Gasteiger partial charge in [0, 0.05) is 65.4 Å². The number of aromatic nitrogens is 1. The van der Waals surface area contributed by atoms with Gasteiger partial charge in [-0.1, -0.05) is 140 Å². The molecule has 0 amide bonds. The van der Waals surface area contributed by atoms with Crippen LogP contribution in [-0.2, 0) is 0 Å². The molecule has 4 heteroatoms. The van der Waals surface area contributed by atoms with Gasteiger partial charge in [-0.15, -0.1) is 11.3 Å². The third-order valence-electron chi connectivity index (χ3n) is 11.3. The maximum absolute atomic E-state index is 6.72. The smallest absolute Gasteiger partial charge is 0.138 e. The number of para-hydroxylation sites is 2. The molecule has 0 radical (unpaired) electrons. The molecule has 0 saturated carbocycles. The van der Waals surface area contributed by atoms with Gasteiger partial charge in [-0.2, -0.15) is 0 Å². The van der Waals surface area contributed by atoms with Crippen molar-refractivity contribution < 1.29 is 4.42 Å². The zero-order valence-electron chi connectivity index (χ0n) is 30.2. The SMILES string of the molecule is c1ccc(-c2c3c(cc4c2c2ccc(N(c5ccccc5)c5cccc6c5sc5ccccc56)cc2n4-c2cccc4ccccc24)oc2ccccc23)cc1. The van der Waals surface area contributed by atoms with Crippen LogP contribution in [0.1, 0.15) is 0 Å². The molecule has 12 rings (SSSR count). The fourth-order valence-corrected chi connectivity index (χ4v) is 10.2. The molecule has 262 valence electrons. The number of hydrogen-bond acceptors (Lipinski definition) is 3. The van der Waals surface area contributed by atoms with E-state index in [-0.39, 0.29) is 0 Å². The average molecular weight is 733 g/mol. The van der Waals surface area contributed by atoms with E-state index >= 15 is 0 Å². The van der Waals surface area contributed by atoms with Crippen LogP contribution >= 0.6 is 11.3 Å². The van der Waals surface area contributed by atoms with Gasteiger partial charge in [-0.05, 0) is 59.5 Å². The highest BCUT2D eigenvalue weighted by atomic mass is 32.1. The van der Waals surface area contributed by atoms with Crippen LogP contribution in [0.15, 0.2) is 199 Å². The van der Waals surface area contributed by atoms with Crippen molar-refractivity contribution in [2.24, 2.45) is 0 Å². The van der Waals surface area contributed by atoms with Gasteiger partial charge in [0.15, 0.2) is 0 Å². The molecule has 56 heavy (non-hydrogen) atoms. The Morgan fingerprint density at radius 1 is 0.446 bits per heavy atom. The first-order valence-corrected chi connectivity index (χ1v) is 19.8. The largest absolute Gasteiger partial charge is 0.456 e. The van der Waals surface area contributed by atoms with Crippen LogP contribution in [0.4, 0.5) is 17.1 Å². The zero-order chi connectivity index (χ0) is 36.7. The molecule has 0 N–H and O–H groups in total. The molecular weight excluding hydrogens is 701 g/mol. The molecule has 3 nitrogen and oxygen atoms in total. The minimum Gasteiger partial charge on any atom is -0.456 e. The molecular formula is C52H32N2OS. The minimum atomic E-state index is 0.879. The molecule has 3 aromatic heterocycles. The minimum absolute atomic E-state index is 0.879. The molecule has 0 saturated heterocycles. The lowest BCUT2D eigenvalue weighted by Gasteiger charge is -2.26. The molecule has 0 spiro atoms. The van der Waals surface area contributed by atoms with E-state index in [2.05, 4.69) is 204 Å². The highest BCUT2D eigenvalue weighted by Crippen LogP contribution is 2.49. The van der Waals surface area contributed by atoms with Gasteiger partial charge in [0.2, 0.25) is 0 Å². The van der Waals surface area contributed by atoms with Crippen molar-refractivity contribution in [1.29, 1.82) is 0 Å². The molecule has 0 aliphatic carbocycles. The van der Waals surface area contributed by atoms with Gasteiger partial charge >= 0.3 is 0 Å². The summed E-state index contributed by atoms with van der Waals surface area (Å²) in [5, 5.41) is 9.63. The molecule has 0 aliphatic rings. The summed E-state index contributed by atoms with van der Waals surface area (Å²) in [6.45, 7) is 0. The maximum atomic E-state index is 6.72. The summed E-state index contributed by atoms with van der Waals surface area (Å²) in [6.07, 6.45) is 0. The van der Waals surface area contributed by atoms with Crippen LogP contribution in [0.3, 0.4) is 0 Å². The molecule has 3 heterocycles. The molecule has 0 bridgehead atoms. The number of furan rings is 1. The number of anilines is 3. The summed E-state index contributed by atoms with van der Waals surface area (Å²) >= 11 is 1.86. The number of benzene rings is 9. The predicted octanol–water partition coefficient (Wildman–Crippen LogP) is 15.3. The lowest BCUT2D eigenvalue weighted by atomic mass is 9.94. The summed E-state index contributed by atoms with van der Waals surface area (Å²) in [6, 6.07) is 70.1.